The van der Waals surface area contributed by atoms with Crippen molar-refractivity contribution >= 4 is 34.2 Å². The Morgan fingerprint density at radius 1 is 1.56 bits per heavy atom. The molecule has 94 valence electrons. The van der Waals surface area contributed by atoms with E-state index in [0.717, 1.165) is 3.57 Å². The largest absolute Gasteiger partial charge is 0.462 e. The number of rotatable bonds is 3. The Bertz CT molecular complexity index is 580. The van der Waals surface area contributed by atoms with Crippen LogP contribution < -0.4 is 5.73 Å². The van der Waals surface area contributed by atoms with E-state index >= 15 is 0 Å². The molecule has 0 saturated heterocycles. The molecular weight excluding hydrogens is 345 g/mol. The standard InChI is InChI=1S/C12H12IN3O2/c1-2-18-12(17)8-3-4-10(14)11(5-8)16-7-9(13)6-15-16/h3-7H,2,14H2,1H3. The van der Waals surface area contributed by atoms with Crippen LogP contribution in [0.2, 0.25) is 0 Å². The Hall–Kier alpha value is -1.57. The highest BCUT2D eigenvalue weighted by Gasteiger charge is 2.11. The van der Waals surface area contributed by atoms with Gasteiger partial charge in [-0.3, -0.25) is 0 Å². The van der Waals surface area contributed by atoms with Gasteiger partial charge < -0.3 is 10.5 Å². The number of hydrogen-bond donors (Lipinski definition) is 1. The third-order valence-corrected chi connectivity index (χ3v) is 2.90. The summed E-state index contributed by atoms with van der Waals surface area (Å²) in [7, 11) is 0. The molecule has 2 N–H and O–H groups in total. The number of carbonyl (C=O) groups is 1. The number of anilines is 1. The van der Waals surface area contributed by atoms with Crippen molar-refractivity contribution < 1.29 is 9.53 Å². The van der Waals surface area contributed by atoms with Crippen molar-refractivity contribution in [2.75, 3.05) is 12.3 Å². The maximum absolute atomic E-state index is 11.7. The number of carbonyl (C=O) groups excluding carboxylic acids is 1. The number of esters is 1. The molecule has 0 fully saturated rings. The monoisotopic (exact) mass is 357 g/mol. The topological polar surface area (TPSA) is 70.1 Å². The van der Waals surface area contributed by atoms with E-state index in [2.05, 4.69) is 27.7 Å². The van der Waals surface area contributed by atoms with E-state index in [4.69, 9.17) is 10.5 Å². The molecule has 0 unspecified atom stereocenters. The van der Waals surface area contributed by atoms with Gasteiger partial charge in [-0.2, -0.15) is 5.10 Å². The summed E-state index contributed by atoms with van der Waals surface area (Å²) in [5, 5.41) is 4.17. The second-order valence-electron chi connectivity index (χ2n) is 3.60. The summed E-state index contributed by atoms with van der Waals surface area (Å²) < 4.78 is 7.59. The van der Waals surface area contributed by atoms with Gasteiger partial charge in [0, 0.05) is 6.20 Å². The van der Waals surface area contributed by atoms with Gasteiger partial charge in [0.05, 0.1) is 33.3 Å². The minimum Gasteiger partial charge on any atom is -0.462 e. The van der Waals surface area contributed by atoms with E-state index < -0.39 is 0 Å². The molecule has 0 aliphatic heterocycles. The van der Waals surface area contributed by atoms with Gasteiger partial charge in [0.1, 0.15) is 0 Å². The van der Waals surface area contributed by atoms with E-state index in [1.165, 1.54) is 0 Å². The first-order chi connectivity index (χ1) is 8.61. The molecule has 0 saturated carbocycles. The van der Waals surface area contributed by atoms with Gasteiger partial charge in [-0.25, -0.2) is 9.48 Å². The van der Waals surface area contributed by atoms with Crippen molar-refractivity contribution in [2.24, 2.45) is 0 Å². The fourth-order valence-corrected chi connectivity index (χ4v) is 1.90. The molecule has 1 aromatic heterocycles. The third-order valence-electron chi connectivity index (χ3n) is 2.34. The summed E-state index contributed by atoms with van der Waals surface area (Å²) in [6, 6.07) is 5.00. The summed E-state index contributed by atoms with van der Waals surface area (Å²) in [5.41, 5.74) is 7.58. The predicted octanol–water partition coefficient (Wildman–Crippen LogP) is 2.24. The van der Waals surface area contributed by atoms with E-state index in [1.807, 2.05) is 6.20 Å². The first kappa shape index (κ1) is 12.9. The van der Waals surface area contributed by atoms with Crippen molar-refractivity contribution in [2.45, 2.75) is 6.92 Å². The van der Waals surface area contributed by atoms with Crippen molar-refractivity contribution in [1.82, 2.24) is 9.78 Å². The fourth-order valence-electron chi connectivity index (χ4n) is 1.52. The second kappa shape index (κ2) is 5.38. The van der Waals surface area contributed by atoms with Crippen molar-refractivity contribution in [3.63, 3.8) is 0 Å². The van der Waals surface area contributed by atoms with Crippen LogP contribution in [-0.4, -0.2) is 22.4 Å². The molecule has 1 heterocycles. The SMILES string of the molecule is CCOC(=O)c1ccc(N)c(-n2cc(I)cn2)c1. The first-order valence-corrected chi connectivity index (χ1v) is 6.47. The van der Waals surface area contributed by atoms with Crippen LogP contribution in [0.1, 0.15) is 17.3 Å². The van der Waals surface area contributed by atoms with Crippen LogP contribution in [0, 0.1) is 3.57 Å². The Balaban J connectivity index is 2.41. The Morgan fingerprint density at radius 2 is 2.33 bits per heavy atom. The van der Waals surface area contributed by atoms with Gasteiger partial charge >= 0.3 is 5.97 Å². The molecule has 0 atom stereocenters. The number of aromatic nitrogens is 2. The van der Waals surface area contributed by atoms with Crippen LogP contribution in [0.25, 0.3) is 5.69 Å². The minimum absolute atomic E-state index is 0.345. The Morgan fingerprint density at radius 3 is 2.94 bits per heavy atom. The van der Waals surface area contributed by atoms with Crippen LogP contribution in [0.5, 0.6) is 0 Å². The van der Waals surface area contributed by atoms with Gasteiger partial charge in [0.15, 0.2) is 0 Å². The van der Waals surface area contributed by atoms with Crippen LogP contribution in [-0.2, 0) is 4.74 Å². The Kier molecular flexibility index (Phi) is 3.85. The summed E-state index contributed by atoms with van der Waals surface area (Å²) in [6.45, 7) is 2.12. The predicted molar refractivity (Wildman–Crippen MR) is 76.6 cm³/mol. The molecule has 6 heteroatoms. The molecule has 0 amide bonds. The second-order valence-corrected chi connectivity index (χ2v) is 4.84. The van der Waals surface area contributed by atoms with Gasteiger partial charge in [-0.05, 0) is 47.7 Å². The van der Waals surface area contributed by atoms with Gasteiger partial charge in [0.25, 0.3) is 0 Å². The third kappa shape index (κ3) is 2.63. The molecule has 18 heavy (non-hydrogen) atoms. The van der Waals surface area contributed by atoms with Gasteiger partial charge in [-0.1, -0.05) is 0 Å². The average Bonchev–Trinajstić information content (AvgIpc) is 2.76. The van der Waals surface area contributed by atoms with Crippen molar-refractivity contribution in [1.29, 1.82) is 0 Å². The number of nitrogens with two attached hydrogens (primary N) is 1. The molecular formula is C12H12IN3O2. The van der Waals surface area contributed by atoms with Crippen LogP contribution in [0.15, 0.2) is 30.6 Å². The molecule has 2 rings (SSSR count). The zero-order chi connectivity index (χ0) is 13.1. The lowest BCUT2D eigenvalue weighted by molar-refractivity contribution is 0.0526. The van der Waals surface area contributed by atoms with Crippen LogP contribution >= 0.6 is 22.6 Å². The van der Waals surface area contributed by atoms with Gasteiger partial charge in [0.2, 0.25) is 0 Å². The highest BCUT2D eigenvalue weighted by atomic mass is 127. The van der Waals surface area contributed by atoms with E-state index in [9.17, 15) is 4.79 Å². The van der Waals surface area contributed by atoms with E-state index in [-0.39, 0.29) is 5.97 Å². The summed E-state index contributed by atoms with van der Waals surface area (Å²) in [5.74, 6) is -0.361. The quantitative estimate of drug-likeness (QED) is 0.520. The molecule has 0 spiro atoms. The molecule has 0 radical (unpaired) electrons. The first-order valence-electron chi connectivity index (χ1n) is 5.39. The zero-order valence-corrected chi connectivity index (χ0v) is 11.9. The van der Waals surface area contributed by atoms with Crippen molar-refractivity contribution in [3.05, 3.63) is 39.7 Å². The highest BCUT2D eigenvalue weighted by Crippen LogP contribution is 2.20. The lowest BCUT2D eigenvalue weighted by atomic mass is 10.2. The van der Waals surface area contributed by atoms with Crippen molar-refractivity contribution in [3.8, 4) is 5.69 Å². The highest BCUT2D eigenvalue weighted by molar-refractivity contribution is 14.1. The molecule has 5 nitrogen and oxygen atoms in total. The summed E-state index contributed by atoms with van der Waals surface area (Å²) in [6.07, 6.45) is 3.55. The van der Waals surface area contributed by atoms with E-state index in [1.54, 1.807) is 36.0 Å². The molecule has 2 aromatic rings. The lowest BCUT2D eigenvalue weighted by Gasteiger charge is -2.08. The number of nitrogen functional groups attached to an aromatic ring is 1. The normalized spacial score (nSPS) is 10.3. The number of ether oxygens (including phenoxy) is 1. The number of benzene rings is 1. The number of nitrogens with zero attached hydrogens (tertiary/aromatic N) is 2. The fraction of sp³-hybridized carbons (Fsp3) is 0.167. The van der Waals surface area contributed by atoms with Crippen LogP contribution in [0.3, 0.4) is 0 Å². The maximum atomic E-state index is 11.7. The van der Waals surface area contributed by atoms with E-state index in [0.29, 0.717) is 23.5 Å². The molecule has 0 aliphatic carbocycles. The summed E-state index contributed by atoms with van der Waals surface area (Å²) in [4.78, 5) is 11.7. The number of halogens is 1. The molecule has 0 bridgehead atoms. The molecule has 1 aromatic carbocycles. The number of hydrogen-bond acceptors (Lipinski definition) is 4. The lowest BCUT2D eigenvalue weighted by Crippen LogP contribution is -2.07. The minimum atomic E-state index is -0.361. The maximum Gasteiger partial charge on any atom is 0.338 e. The molecule has 0 aliphatic rings. The average molecular weight is 357 g/mol. The Labute approximate surface area is 118 Å². The zero-order valence-electron chi connectivity index (χ0n) is 9.76. The smallest absolute Gasteiger partial charge is 0.338 e. The van der Waals surface area contributed by atoms with Crippen LogP contribution in [0.4, 0.5) is 5.69 Å². The summed E-state index contributed by atoms with van der Waals surface area (Å²) >= 11 is 2.16. The van der Waals surface area contributed by atoms with Gasteiger partial charge in [-0.15, -0.1) is 0 Å².